The average molecular weight is 431 g/mol. The van der Waals surface area contributed by atoms with Crippen LogP contribution in [0.2, 0.25) is 0 Å². The Hall–Kier alpha value is -2.46. The van der Waals surface area contributed by atoms with Gasteiger partial charge in [-0.15, -0.1) is 0 Å². The number of hydrogen-bond acceptors (Lipinski definition) is 3. The lowest BCUT2D eigenvalue weighted by atomic mass is 9.87. The smallest absolute Gasteiger partial charge is 0.0717 e. The summed E-state index contributed by atoms with van der Waals surface area (Å²) < 4.78 is 20.7. The molecule has 1 aliphatic rings. The molecule has 0 saturated heterocycles. The lowest BCUT2D eigenvalue weighted by molar-refractivity contribution is -0.0321. The van der Waals surface area contributed by atoms with Gasteiger partial charge in [-0.3, -0.25) is 0 Å². The number of ether oxygens (including phenoxy) is 2. The highest BCUT2D eigenvalue weighted by atomic mass is 16.5. The predicted molar refractivity (Wildman–Crippen MR) is 130 cm³/mol. The van der Waals surface area contributed by atoms with Crippen molar-refractivity contribution in [1.82, 2.24) is 5.32 Å². The molecule has 4 rings (SSSR count). The van der Waals surface area contributed by atoms with Crippen LogP contribution < -0.4 is 5.32 Å². The van der Waals surface area contributed by atoms with E-state index in [0.29, 0.717) is 45.3 Å². The largest absolute Gasteiger partial charge is 0.376 e. The molecule has 3 heteroatoms. The van der Waals surface area contributed by atoms with E-state index in [1.807, 2.05) is 42.5 Å². The lowest BCUT2D eigenvalue weighted by Crippen LogP contribution is -2.34. The number of benzene rings is 3. The van der Waals surface area contributed by atoms with Gasteiger partial charge in [0.25, 0.3) is 0 Å². The van der Waals surface area contributed by atoms with Crippen molar-refractivity contribution in [2.45, 2.75) is 45.5 Å². The highest BCUT2D eigenvalue weighted by Crippen LogP contribution is 2.43. The number of rotatable bonds is 11. The normalized spacial score (nSPS) is 20.2. The number of nitrogens with one attached hydrogen (secondary N) is 1. The summed E-state index contributed by atoms with van der Waals surface area (Å²) in [5, 5.41) is 3.74. The van der Waals surface area contributed by atoms with Crippen LogP contribution in [0.1, 0.15) is 37.8 Å². The third-order valence-electron chi connectivity index (χ3n) is 6.37. The van der Waals surface area contributed by atoms with E-state index in [9.17, 15) is 0 Å². The molecular formula is C29H35NO2. The summed E-state index contributed by atoms with van der Waals surface area (Å²) in [4.78, 5) is 0. The third kappa shape index (κ3) is 6.52. The van der Waals surface area contributed by atoms with Gasteiger partial charge in [-0.05, 0) is 35.4 Å². The summed E-state index contributed by atoms with van der Waals surface area (Å²) in [6.07, 6.45) is 1.92. The van der Waals surface area contributed by atoms with Crippen molar-refractivity contribution in [2.75, 3.05) is 13.2 Å². The lowest BCUT2D eigenvalue weighted by Gasteiger charge is -2.29. The average Bonchev–Trinajstić information content (AvgIpc) is 3.22. The molecule has 3 aromatic rings. The van der Waals surface area contributed by atoms with Gasteiger partial charge < -0.3 is 14.8 Å². The second-order valence-electron chi connectivity index (χ2n) is 9.10. The van der Waals surface area contributed by atoms with E-state index >= 15 is 0 Å². The minimum Gasteiger partial charge on any atom is -0.376 e. The fraction of sp³-hybridized carbons (Fsp3) is 0.379. The van der Waals surface area contributed by atoms with Crippen molar-refractivity contribution >= 4 is 0 Å². The third-order valence-corrected chi connectivity index (χ3v) is 6.37. The molecule has 2 atom stereocenters. The second kappa shape index (κ2) is 11.4. The van der Waals surface area contributed by atoms with Crippen LogP contribution in [0, 0.1) is 11.3 Å². The van der Waals surface area contributed by atoms with E-state index in [1.54, 1.807) is 0 Å². The van der Waals surface area contributed by atoms with Crippen molar-refractivity contribution in [3.63, 3.8) is 0 Å². The predicted octanol–water partition coefficient (Wildman–Crippen LogP) is 5.99. The maximum atomic E-state index is 8.19. The van der Waals surface area contributed by atoms with Crippen LogP contribution in [-0.2, 0) is 29.2 Å². The molecule has 0 heterocycles. The van der Waals surface area contributed by atoms with Gasteiger partial charge in [0.1, 0.15) is 0 Å². The van der Waals surface area contributed by atoms with E-state index in [1.165, 1.54) is 16.7 Å². The Balaban J connectivity index is 1.40. The van der Waals surface area contributed by atoms with Crippen LogP contribution >= 0.6 is 0 Å². The van der Waals surface area contributed by atoms with Crippen LogP contribution in [0.4, 0.5) is 0 Å². The Morgan fingerprint density at radius 1 is 0.750 bits per heavy atom. The van der Waals surface area contributed by atoms with Crippen molar-refractivity contribution in [3.8, 4) is 0 Å². The van der Waals surface area contributed by atoms with Gasteiger partial charge in [-0.25, -0.2) is 0 Å². The minimum absolute atomic E-state index is 0.0797. The molecular weight excluding hydrogens is 394 g/mol. The van der Waals surface area contributed by atoms with Gasteiger partial charge in [0.05, 0.1) is 26.4 Å². The van der Waals surface area contributed by atoms with Crippen molar-refractivity contribution in [3.05, 3.63) is 108 Å². The monoisotopic (exact) mass is 430 g/mol. The van der Waals surface area contributed by atoms with E-state index in [2.05, 4.69) is 53.8 Å². The minimum atomic E-state index is -0.0797. The number of hydrogen-bond donors (Lipinski definition) is 1. The maximum Gasteiger partial charge on any atom is 0.0717 e. The highest BCUT2D eigenvalue weighted by molar-refractivity contribution is 5.16. The standard InChI is InChI=1S/C29H35NO2/c1-24-17-29(22-31-20-26-13-7-3-8-14-26,23-32-21-27-15-9-4-10-16-27)18-28(24)30-19-25-11-5-2-6-12-25/h2-16,24,28,30H,17-23H2,1H3/t24-,28-/m1/s1/i1D. The topological polar surface area (TPSA) is 30.5 Å². The van der Waals surface area contributed by atoms with Gasteiger partial charge >= 0.3 is 0 Å². The zero-order chi connectivity index (χ0) is 22.8. The zero-order valence-corrected chi connectivity index (χ0v) is 18.8. The van der Waals surface area contributed by atoms with Crippen LogP contribution in [0.3, 0.4) is 0 Å². The Morgan fingerprint density at radius 2 is 1.25 bits per heavy atom. The van der Waals surface area contributed by atoms with Crippen molar-refractivity contribution in [2.24, 2.45) is 11.3 Å². The molecule has 1 N–H and O–H groups in total. The highest BCUT2D eigenvalue weighted by Gasteiger charge is 2.43. The van der Waals surface area contributed by atoms with Crippen LogP contribution in [-0.4, -0.2) is 19.3 Å². The first-order chi connectivity index (χ1) is 16.3. The first kappa shape index (κ1) is 21.4. The zero-order valence-electron chi connectivity index (χ0n) is 19.8. The fourth-order valence-electron chi connectivity index (χ4n) is 4.70. The molecule has 0 aromatic heterocycles. The van der Waals surface area contributed by atoms with E-state index in [4.69, 9.17) is 10.8 Å². The summed E-state index contributed by atoms with van der Waals surface area (Å²) >= 11 is 0. The van der Waals surface area contributed by atoms with Crippen molar-refractivity contribution < 1.29 is 10.8 Å². The summed E-state index contributed by atoms with van der Waals surface area (Å²) in [6, 6.07) is 31.4. The van der Waals surface area contributed by atoms with Crippen LogP contribution in [0.15, 0.2) is 91.0 Å². The Kier molecular flexibility index (Phi) is 7.63. The first-order valence-electron chi connectivity index (χ1n) is 12.3. The quantitative estimate of drug-likeness (QED) is 0.405. The Labute approximate surface area is 194 Å². The molecule has 1 saturated carbocycles. The van der Waals surface area contributed by atoms with Gasteiger partial charge in [0, 0.05) is 19.4 Å². The summed E-state index contributed by atoms with van der Waals surface area (Å²) in [6.45, 7) is 3.76. The molecule has 0 unspecified atom stereocenters. The second-order valence-corrected chi connectivity index (χ2v) is 9.10. The van der Waals surface area contributed by atoms with Gasteiger partial charge in [0.15, 0.2) is 0 Å². The SMILES string of the molecule is [2H]C[C@@H]1CC(COCc2ccccc2)(COCc2ccccc2)C[C@H]1NCc1ccccc1. The Bertz CT molecular complexity index is 890. The molecule has 1 aliphatic carbocycles. The molecule has 3 aromatic carbocycles. The summed E-state index contributed by atoms with van der Waals surface area (Å²) in [5.74, 6) is 0.300. The maximum absolute atomic E-state index is 8.19. The molecule has 0 spiro atoms. The molecule has 1 fully saturated rings. The molecule has 0 radical (unpaired) electrons. The molecule has 0 amide bonds. The molecule has 32 heavy (non-hydrogen) atoms. The summed E-state index contributed by atoms with van der Waals surface area (Å²) in [7, 11) is 0. The van der Waals surface area contributed by atoms with Crippen LogP contribution in [0.25, 0.3) is 0 Å². The van der Waals surface area contributed by atoms with Gasteiger partial charge in [0.2, 0.25) is 0 Å². The molecule has 168 valence electrons. The van der Waals surface area contributed by atoms with Gasteiger partial charge in [-0.2, -0.15) is 0 Å². The van der Waals surface area contributed by atoms with Crippen molar-refractivity contribution in [1.29, 1.82) is 0 Å². The van der Waals surface area contributed by atoms with E-state index < -0.39 is 0 Å². The summed E-state index contributed by atoms with van der Waals surface area (Å²) in [5.41, 5.74) is 3.57. The Morgan fingerprint density at radius 3 is 1.75 bits per heavy atom. The molecule has 3 nitrogen and oxygen atoms in total. The fourth-order valence-corrected chi connectivity index (χ4v) is 4.70. The first-order valence-corrected chi connectivity index (χ1v) is 11.6. The molecule has 0 bridgehead atoms. The van der Waals surface area contributed by atoms with Crippen LogP contribution in [0.5, 0.6) is 0 Å². The molecule has 0 aliphatic heterocycles. The van der Waals surface area contributed by atoms with E-state index in [-0.39, 0.29) is 5.41 Å². The van der Waals surface area contributed by atoms with Gasteiger partial charge in [-0.1, -0.05) is 97.9 Å². The van der Waals surface area contributed by atoms with E-state index in [0.717, 1.165) is 19.4 Å².